The minimum Gasteiger partial charge on any atom is -0.355 e. The van der Waals surface area contributed by atoms with Crippen LogP contribution in [0.5, 0.6) is 0 Å². The average Bonchev–Trinajstić information content (AvgIpc) is 2.70. The van der Waals surface area contributed by atoms with Crippen molar-refractivity contribution in [3.05, 3.63) is 71.3 Å². The molecule has 0 saturated carbocycles. The van der Waals surface area contributed by atoms with E-state index < -0.39 is 0 Å². The van der Waals surface area contributed by atoms with Gasteiger partial charge in [-0.25, -0.2) is 0 Å². The molecule has 0 aliphatic heterocycles. The lowest BCUT2D eigenvalue weighted by Gasteiger charge is -2.29. The third-order valence-corrected chi connectivity index (χ3v) is 4.87. The van der Waals surface area contributed by atoms with Crippen LogP contribution in [-0.2, 0) is 11.3 Å². The normalized spacial score (nSPS) is 12.9. The van der Waals surface area contributed by atoms with E-state index in [4.69, 9.17) is 0 Å². The van der Waals surface area contributed by atoms with Crippen molar-refractivity contribution in [3.63, 3.8) is 0 Å². The molecule has 2 aromatic rings. The Balaban J connectivity index is 2.24. The van der Waals surface area contributed by atoms with Gasteiger partial charge in [0.15, 0.2) is 6.04 Å². The predicted octanol–water partition coefficient (Wildman–Crippen LogP) is 1.67. The van der Waals surface area contributed by atoms with Gasteiger partial charge in [-0.3, -0.25) is 9.59 Å². The van der Waals surface area contributed by atoms with Crippen LogP contribution in [0, 0.1) is 0 Å². The molecule has 0 aliphatic carbocycles. The number of amides is 2. The first-order chi connectivity index (χ1) is 13.0. The van der Waals surface area contributed by atoms with Gasteiger partial charge < -0.3 is 15.1 Å². The Bertz CT molecular complexity index is 740. The summed E-state index contributed by atoms with van der Waals surface area (Å²) in [5, 5.41) is 2.63. The summed E-state index contributed by atoms with van der Waals surface area (Å²) >= 11 is 0. The summed E-state index contributed by atoms with van der Waals surface area (Å²) in [5.41, 5.74) is 2.75. The fourth-order valence-corrected chi connectivity index (χ4v) is 3.34. The molecular weight excluding hydrogens is 338 g/mol. The first kappa shape index (κ1) is 20.6. The Hall–Kier alpha value is -2.66. The van der Waals surface area contributed by atoms with E-state index >= 15 is 0 Å². The van der Waals surface area contributed by atoms with Gasteiger partial charge in [-0.05, 0) is 26.0 Å². The summed E-state index contributed by atoms with van der Waals surface area (Å²) in [6.07, 6.45) is 0. The lowest BCUT2D eigenvalue weighted by Crippen LogP contribution is -3.09. The number of likely N-dealkylation sites (N-methyl/N-ethyl adjacent to an activating group) is 2. The Morgan fingerprint density at radius 3 is 2.11 bits per heavy atom. The molecule has 2 N–H and O–H groups in total. The maximum Gasteiger partial charge on any atom is 0.285 e. The van der Waals surface area contributed by atoms with Crippen molar-refractivity contribution in [2.24, 2.45) is 0 Å². The van der Waals surface area contributed by atoms with Crippen LogP contribution in [0.15, 0.2) is 54.6 Å². The van der Waals surface area contributed by atoms with Gasteiger partial charge >= 0.3 is 0 Å². The highest BCUT2D eigenvalue weighted by Gasteiger charge is 2.31. The van der Waals surface area contributed by atoms with E-state index in [1.807, 2.05) is 80.4 Å². The van der Waals surface area contributed by atoms with Crippen molar-refractivity contribution in [2.45, 2.75) is 26.4 Å². The number of benzene rings is 2. The molecule has 1 unspecified atom stereocenters. The monoisotopic (exact) mass is 368 g/mol. The van der Waals surface area contributed by atoms with Gasteiger partial charge in [-0.15, -0.1) is 0 Å². The third kappa shape index (κ3) is 5.17. The summed E-state index contributed by atoms with van der Waals surface area (Å²) < 4.78 is 0. The maximum absolute atomic E-state index is 13.2. The highest BCUT2D eigenvalue weighted by atomic mass is 16.2. The number of quaternary nitrogens is 1. The zero-order valence-corrected chi connectivity index (χ0v) is 16.7. The van der Waals surface area contributed by atoms with Gasteiger partial charge in [0.1, 0.15) is 6.54 Å². The molecule has 2 aromatic carbocycles. The summed E-state index contributed by atoms with van der Waals surface area (Å²) in [4.78, 5) is 27.9. The number of hydrogen-bond acceptors (Lipinski definition) is 2. The van der Waals surface area contributed by atoms with Crippen LogP contribution in [0.2, 0.25) is 0 Å². The second-order valence-electron chi connectivity index (χ2n) is 6.65. The van der Waals surface area contributed by atoms with Crippen molar-refractivity contribution in [1.82, 2.24) is 10.2 Å². The maximum atomic E-state index is 13.2. The van der Waals surface area contributed by atoms with Crippen LogP contribution in [-0.4, -0.2) is 43.9 Å². The lowest BCUT2D eigenvalue weighted by molar-refractivity contribution is -0.916. The standard InChI is InChI=1S/C22H29N3O2/c1-5-25(6-2)22(27)20(18-10-8-7-9-11-18)24(4)16-17-12-14-19(15-13-17)21(26)23-3/h7-15,20H,5-6,16H2,1-4H3,(H,23,26)/p+1/t20-/m0/s1. The average molecular weight is 369 g/mol. The van der Waals surface area contributed by atoms with Crippen LogP contribution >= 0.6 is 0 Å². The number of hydrogen-bond donors (Lipinski definition) is 2. The number of rotatable bonds is 8. The molecule has 0 heterocycles. The molecule has 27 heavy (non-hydrogen) atoms. The molecule has 0 radical (unpaired) electrons. The van der Waals surface area contributed by atoms with E-state index in [-0.39, 0.29) is 17.9 Å². The van der Waals surface area contributed by atoms with Gasteiger partial charge in [0, 0.05) is 36.8 Å². The molecule has 0 fully saturated rings. The molecule has 0 spiro atoms. The number of carbonyl (C=O) groups is 2. The Kier molecular flexibility index (Phi) is 7.55. The van der Waals surface area contributed by atoms with Crippen molar-refractivity contribution < 1.29 is 14.5 Å². The SMILES string of the molecule is CCN(CC)C(=O)[C@H](c1ccccc1)[NH+](C)Cc1ccc(C(=O)NC)cc1. The van der Waals surface area contributed by atoms with Crippen LogP contribution in [0.4, 0.5) is 0 Å². The Labute approximate surface area is 162 Å². The predicted molar refractivity (Wildman–Crippen MR) is 108 cm³/mol. The Morgan fingerprint density at radius 2 is 1.59 bits per heavy atom. The fourth-order valence-electron chi connectivity index (χ4n) is 3.34. The minimum absolute atomic E-state index is 0.0962. The molecule has 5 heteroatoms. The zero-order valence-electron chi connectivity index (χ0n) is 16.7. The smallest absolute Gasteiger partial charge is 0.285 e. The molecule has 2 rings (SSSR count). The van der Waals surface area contributed by atoms with Crippen LogP contribution in [0.3, 0.4) is 0 Å². The van der Waals surface area contributed by atoms with Gasteiger partial charge in [0.2, 0.25) is 0 Å². The van der Waals surface area contributed by atoms with Crippen molar-refractivity contribution in [2.75, 3.05) is 27.2 Å². The number of carbonyl (C=O) groups excluding carboxylic acids is 2. The quantitative estimate of drug-likeness (QED) is 0.745. The summed E-state index contributed by atoms with van der Waals surface area (Å²) in [5.74, 6) is 0.0480. The van der Waals surface area contributed by atoms with E-state index in [9.17, 15) is 9.59 Å². The number of nitrogens with one attached hydrogen (secondary N) is 2. The third-order valence-electron chi connectivity index (χ3n) is 4.87. The van der Waals surface area contributed by atoms with E-state index in [0.717, 1.165) is 16.0 Å². The topological polar surface area (TPSA) is 53.9 Å². The van der Waals surface area contributed by atoms with Gasteiger partial charge in [-0.2, -0.15) is 0 Å². The molecule has 0 bridgehead atoms. The molecule has 0 aromatic heterocycles. The number of nitrogens with zero attached hydrogens (tertiary/aromatic N) is 1. The first-order valence-electron chi connectivity index (χ1n) is 9.48. The molecule has 2 atom stereocenters. The molecular formula is C22H30N3O2+. The highest BCUT2D eigenvalue weighted by Crippen LogP contribution is 2.14. The minimum atomic E-state index is -0.260. The van der Waals surface area contributed by atoms with Crippen molar-refractivity contribution in [1.29, 1.82) is 0 Å². The van der Waals surface area contributed by atoms with E-state index in [1.54, 1.807) is 7.05 Å². The summed E-state index contributed by atoms with van der Waals surface area (Å²) in [7, 11) is 3.67. The molecule has 0 saturated heterocycles. The van der Waals surface area contributed by atoms with Gasteiger partial charge in [0.25, 0.3) is 11.8 Å². The zero-order chi connectivity index (χ0) is 19.8. The molecule has 2 amide bonds. The second kappa shape index (κ2) is 9.88. The van der Waals surface area contributed by atoms with Crippen LogP contribution in [0.25, 0.3) is 0 Å². The second-order valence-corrected chi connectivity index (χ2v) is 6.65. The van der Waals surface area contributed by atoms with Crippen LogP contribution in [0.1, 0.15) is 41.4 Å². The Morgan fingerprint density at radius 1 is 1.00 bits per heavy atom. The molecule has 144 valence electrons. The van der Waals surface area contributed by atoms with E-state index in [2.05, 4.69) is 5.32 Å². The highest BCUT2D eigenvalue weighted by molar-refractivity contribution is 5.93. The molecule has 0 aliphatic rings. The first-order valence-corrected chi connectivity index (χ1v) is 9.48. The van der Waals surface area contributed by atoms with Gasteiger partial charge in [0.05, 0.1) is 7.05 Å². The summed E-state index contributed by atoms with van der Waals surface area (Å²) in [6, 6.07) is 17.3. The van der Waals surface area contributed by atoms with Crippen molar-refractivity contribution >= 4 is 11.8 Å². The fraction of sp³-hybridized carbons (Fsp3) is 0.364. The lowest BCUT2D eigenvalue weighted by atomic mass is 10.0. The largest absolute Gasteiger partial charge is 0.355 e. The van der Waals surface area contributed by atoms with E-state index in [0.29, 0.717) is 25.2 Å². The van der Waals surface area contributed by atoms with Crippen molar-refractivity contribution in [3.8, 4) is 0 Å². The van der Waals surface area contributed by atoms with Crippen LogP contribution < -0.4 is 10.2 Å². The molecule has 5 nitrogen and oxygen atoms in total. The van der Waals surface area contributed by atoms with Gasteiger partial charge in [-0.1, -0.05) is 42.5 Å². The van der Waals surface area contributed by atoms with E-state index in [1.165, 1.54) is 0 Å². The summed E-state index contributed by atoms with van der Waals surface area (Å²) in [6.45, 7) is 6.12.